The van der Waals surface area contributed by atoms with E-state index in [1.165, 1.54) is 0 Å². The Kier molecular flexibility index (Phi) is 2.86. The van der Waals surface area contributed by atoms with Crippen molar-refractivity contribution in [2.45, 2.75) is 18.2 Å². The number of anilines is 1. The molecule has 0 spiro atoms. The number of carbonyl (C=O) groups is 1. The molecule has 4 heteroatoms. The Morgan fingerprint density at radius 1 is 1.53 bits per heavy atom. The summed E-state index contributed by atoms with van der Waals surface area (Å²) in [5.41, 5.74) is 7.49. The number of hydrogen-bond donors (Lipinski definition) is 2. The number of hydrogen-bond acceptors (Lipinski definition) is 3. The fraction of sp³-hybridized carbons (Fsp3) is 0.364. The summed E-state index contributed by atoms with van der Waals surface area (Å²) in [6.07, 6.45) is 0.547. The van der Waals surface area contributed by atoms with E-state index in [4.69, 9.17) is 5.73 Å². The lowest BCUT2D eigenvalue weighted by Crippen LogP contribution is -2.24. The molecule has 0 bridgehead atoms. The van der Waals surface area contributed by atoms with Gasteiger partial charge in [-0.25, -0.2) is 0 Å². The Morgan fingerprint density at radius 2 is 2.33 bits per heavy atom. The van der Waals surface area contributed by atoms with Crippen LogP contribution in [0.15, 0.2) is 24.3 Å². The van der Waals surface area contributed by atoms with Gasteiger partial charge in [0.05, 0.1) is 0 Å². The van der Waals surface area contributed by atoms with Crippen molar-refractivity contribution in [2.24, 2.45) is 0 Å². The van der Waals surface area contributed by atoms with Crippen molar-refractivity contribution in [3.8, 4) is 0 Å². The van der Waals surface area contributed by atoms with E-state index in [9.17, 15) is 4.79 Å². The van der Waals surface area contributed by atoms with Crippen LogP contribution in [0.5, 0.6) is 0 Å². The maximum Gasteiger partial charge on any atom is 0.224 e. The smallest absolute Gasteiger partial charge is 0.224 e. The molecule has 2 N–H and O–H groups in total. The molecule has 1 unspecified atom stereocenters. The van der Waals surface area contributed by atoms with Gasteiger partial charge in [0.1, 0.15) is 0 Å². The third kappa shape index (κ3) is 2.45. The predicted molar refractivity (Wildman–Crippen MR) is 63.7 cm³/mol. The van der Waals surface area contributed by atoms with Gasteiger partial charge in [-0.1, -0.05) is 12.1 Å². The number of likely N-dealkylation sites (tertiary alicyclic amines) is 1. The quantitative estimate of drug-likeness (QED) is 0.585. The molecule has 2 rings (SSSR count). The van der Waals surface area contributed by atoms with E-state index in [1.807, 2.05) is 29.2 Å². The number of nitrogen functional groups attached to an aromatic ring is 1. The van der Waals surface area contributed by atoms with Crippen LogP contribution in [0.4, 0.5) is 5.69 Å². The summed E-state index contributed by atoms with van der Waals surface area (Å²) < 4.78 is 0. The van der Waals surface area contributed by atoms with Gasteiger partial charge in [0.15, 0.2) is 0 Å². The molecule has 80 valence electrons. The molecule has 0 radical (unpaired) electrons. The number of nitrogens with two attached hydrogens (primary N) is 1. The Bertz CT molecular complexity index is 381. The van der Waals surface area contributed by atoms with E-state index in [-0.39, 0.29) is 11.2 Å². The SMILES string of the molecule is Nc1cccc(CN2CC(S)CC2=O)c1. The molecule has 1 aromatic rings. The lowest BCUT2D eigenvalue weighted by Gasteiger charge is -2.15. The number of benzene rings is 1. The first kappa shape index (κ1) is 10.4. The van der Waals surface area contributed by atoms with Crippen molar-refractivity contribution in [3.63, 3.8) is 0 Å². The zero-order valence-corrected chi connectivity index (χ0v) is 9.28. The van der Waals surface area contributed by atoms with Crippen molar-refractivity contribution in [2.75, 3.05) is 12.3 Å². The van der Waals surface area contributed by atoms with Crippen LogP contribution in [0, 0.1) is 0 Å². The maximum absolute atomic E-state index is 11.5. The van der Waals surface area contributed by atoms with Gasteiger partial charge in [-0.15, -0.1) is 0 Å². The minimum Gasteiger partial charge on any atom is -0.399 e. The molecule has 0 aromatic heterocycles. The number of rotatable bonds is 2. The lowest BCUT2D eigenvalue weighted by atomic mass is 10.2. The molecular formula is C11H14N2OS. The maximum atomic E-state index is 11.5. The molecule has 0 saturated carbocycles. The second-order valence-electron chi connectivity index (χ2n) is 3.88. The number of carbonyl (C=O) groups excluding carboxylic acids is 1. The fourth-order valence-corrected chi connectivity index (χ4v) is 2.17. The summed E-state index contributed by atoms with van der Waals surface area (Å²) in [6, 6.07) is 7.63. The van der Waals surface area contributed by atoms with Gasteiger partial charge in [0, 0.05) is 30.4 Å². The first-order chi connectivity index (χ1) is 7.15. The Hall–Kier alpha value is -1.16. The first-order valence-electron chi connectivity index (χ1n) is 4.95. The van der Waals surface area contributed by atoms with Gasteiger partial charge in [-0.05, 0) is 17.7 Å². The number of amides is 1. The minimum absolute atomic E-state index is 0.178. The van der Waals surface area contributed by atoms with Gasteiger partial charge in [0.25, 0.3) is 0 Å². The lowest BCUT2D eigenvalue weighted by molar-refractivity contribution is -0.128. The first-order valence-corrected chi connectivity index (χ1v) is 5.47. The van der Waals surface area contributed by atoms with Gasteiger partial charge < -0.3 is 10.6 Å². The molecule has 1 atom stereocenters. The molecular weight excluding hydrogens is 208 g/mol. The van der Waals surface area contributed by atoms with Crippen LogP contribution >= 0.6 is 12.6 Å². The predicted octanol–water partition coefficient (Wildman–Crippen LogP) is 1.30. The molecule has 3 nitrogen and oxygen atoms in total. The van der Waals surface area contributed by atoms with E-state index >= 15 is 0 Å². The van der Waals surface area contributed by atoms with Crippen LogP contribution in [0.25, 0.3) is 0 Å². The monoisotopic (exact) mass is 222 g/mol. The Balaban J connectivity index is 2.06. The van der Waals surface area contributed by atoms with Crippen LogP contribution in [0.2, 0.25) is 0 Å². The van der Waals surface area contributed by atoms with E-state index in [1.54, 1.807) is 0 Å². The molecule has 1 fully saturated rings. The Morgan fingerprint density at radius 3 is 2.93 bits per heavy atom. The molecule has 0 aliphatic carbocycles. The third-order valence-electron chi connectivity index (χ3n) is 2.52. The van der Waals surface area contributed by atoms with E-state index < -0.39 is 0 Å². The Labute approximate surface area is 94.7 Å². The summed E-state index contributed by atoms with van der Waals surface area (Å²) in [5, 5.41) is 0.179. The second kappa shape index (κ2) is 4.14. The average Bonchev–Trinajstić information content (AvgIpc) is 2.45. The van der Waals surface area contributed by atoms with Crippen LogP contribution in [0.1, 0.15) is 12.0 Å². The summed E-state index contributed by atoms with van der Waals surface area (Å²) >= 11 is 4.31. The van der Waals surface area contributed by atoms with Crippen molar-refractivity contribution < 1.29 is 4.79 Å². The highest BCUT2D eigenvalue weighted by Gasteiger charge is 2.26. The average molecular weight is 222 g/mol. The van der Waals surface area contributed by atoms with Gasteiger partial charge in [-0.3, -0.25) is 4.79 Å². The molecule has 1 aliphatic heterocycles. The van der Waals surface area contributed by atoms with Crippen molar-refractivity contribution >= 4 is 24.2 Å². The van der Waals surface area contributed by atoms with Crippen molar-refractivity contribution in [1.29, 1.82) is 0 Å². The zero-order valence-electron chi connectivity index (χ0n) is 8.39. The summed E-state index contributed by atoms with van der Waals surface area (Å²) in [7, 11) is 0. The summed E-state index contributed by atoms with van der Waals surface area (Å²) in [6.45, 7) is 1.37. The molecule has 1 aliphatic rings. The van der Waals surface area contributed by atoms with Crippen molar-refractivity contribution in [1.82, 2.24) is 4.90 Å². The van der Waals surface area contributed by atoms with Crippen molar-refractivity contribution in [3.05, 3.63) is 29.8 Å². The minimum atomic E-state index is 0.178. The summed E-state index contributed by atoms with van der Waals surface area (Å²) in [4.78, 5) is 13.3. The highest BCUT2D eigenvalue weighted by molar-refractivity contribution is 7.81. The number of nitrogens with zero attached hydrogens (tertiary/aromatic N) is 1. The topological polar surface area (TPSA) is 46.3 Å². The fourth-order valence-electron chi connectivity index (χ4n) is 1.82. The van der Waals surface area contributed by atoms with Crippen LogP contribution in [-0.2, 0) is 11.3 Å². The normalized spacial score (nSPS) is 21.0. The van der Waals surface area contributed by atoms with Crippen LogP contribution in [-0.4, -0.2) is 22.6 Å². The van der Waals surface area contributed by atoms with E-state index in [0.717, 1.165) is 17.8 Å². The zero-order chi connectivity index (χ0) is 10.8. The highest BCUT2D eigenvalue weighted by atomic mass is 32.1. The number of thiol groups is 1. The van der Waals surface area contributed by atoms with Gasteiger partial charge >= 0.3 is 0 Å². The molecule has 15 heavy (non-hydrogen) atoms. The van der Waals surface area contributed by atoms with E-state index in [0.29, 0.717) is 13.0 Å². The highest BCUT2D eigenvalue weighted by Crippen LogP contribution is 2.19. The van der Waals surface area contributed by atoms with E-state index in [2.05, 4.69) is 12.6 Å². The second-order valence-corrected chi connectivity index (χ2v) is 4.61. The molecule has 1 heterocycles. The standard InChI is InChI=1S/C11H14N2OS/c12-9-3-1-2-8(4-9)6-13-7-10(15)5-11(13)14/h1-4,10,15H,5-7,12H2. The molecule has 1 saturated heterocycles. The molecule has 1 amide bonds. The third-order valence-corrected chi connectivity index (χ3v) is 2.86. The van der Waals surface area contributed by atoms with Crippen LogP contribution in [0.3, 0.4) is 0 Å². The largest absolute Gasteiger partial charge is 0.399 e. The van der Waals surface area contributed by atoms with Crippen LogP contribution < -0.4 is 5.73 Å². The molecule has 1 aromatic carbocycles. The summed E-state index contributed by atoms with van der Waals surface area (Å²) in [5.74, 6) is 0.178. The van der Waals surface area contributed by atoms with Gasteiger partial charge in [-0.2, -0.15) is 12.6 Å². The van der Waals surface area contributed by atoms with Gasteiger partial charge in [0.2, 0.25) is 5.91 Å².